The van der Waals surface area contributed by atoms with Crippen LogP contribution in [-0.4, -0.2) is 13.2 Å². The third kappa shape index (κ3) is 6.67. The number of nitriles is 2. The Hall–Kier alpha value is -2.72. The molecule has 2 rings (SSSR count). The van der Waals surface area contributed by atoms with Crippen molar-refractivity contribution in [2.45, 2.75) is 78.1 Å². The summed E-state index contributed by atoms with van der Waals surface area (Å²) in [7, 11) is 0. The van der Waals surface area contributed by atoms with Crippen LogP contribution < -0.4 is 9.47 Å². The van der Waals surface area contributed by atoms with Gasteiger partial charge in [0.05, 0.1) is 38.2 Å². The maximum Gasteiger partial charge on any atom is 0.127 e. The van der Waals surface area contributed by atoms with Crippen molar-refractivity contribution in [3.63, 3.8) is 0 Å². The smallest absolute Gasteiger partial charge is 0.127 e. The highest BCUT2D eigenvalue weighted by Gasteiger charge is 2.16. The lowest BCUT2D eigenvalue weighted by atomic mass is 9.95. The van der Waals surface area contributed by atoms with Crippen molar-refractivity contribution in [3.05, 3.63) is 35.4 Å². The van der Waals surface area contributed by atoms with E-state index in [1.54, 1.807) is 0 Å². The van der Waals surface area contributed by atoms with Crippen LogP contribution in [0, 0.1) is 22.7 Å². The lowest BCUT2D eigenvalue weighted by molar-refractivity contribution is 0.305. The summed E-state index contributed by atoms with van der Waals surface area (Å²) in [5.74, 6) is 1.56. The summed E-state index contributed by atoms with van der Waals surface area (Å²) in [6.45, 7) is 5.70. The van der Waals surface area contributed by atoms with Crippen molar-refractivity contribution in [3.8, 4) is 23.6 Å². The molecule has 4 heteroatoms. The molecule has 0 N–H and O–H groups in total. The van der Waals surface area contributed by atoms with Crippen LogP contribution in [0.3, 0.4) is 0 Å². The fourth-order valence-corrected chi connectivity index (χ4v) is 3.70. The molecule has 0 saturated carbocycles. The van der Waals surface area contributed by atoms with Crippen LogP contribution in [0.4, 0.5) is 0 Å². The molecule has 0 fully saturated rings. The van der Waals surface area contributed by atoms with Gasteiger partial charge in [-0.25, -0.2) is 0 Å². The molecule has 4 nitrogen and oxygen atoms in total. The molecule has 0 bridgehead atoms. The second-order valence-electron chi connectivity index (χ2n) is 7.68. The number of nitrogens with zero attached hydrogens (tertiary/aromatic N) is 2. The molecular formula is C26H34N2O2. The molecule has 0 saturated heterocycles. The monoisotopic (exact) mass is 406 g/mol. The van der Waals surface area contributed by atoms with Crippen molar-refractivity contribution in [1.29, 1.82) is 10.5 Å². The first-order valence-electron chi connectivity index (χ1n) is 11.3. The summed E-state index contributed by atoms with van der Waals surface area (Å²) in [6, 6.07) is 12.3. The Kier molecular flexibility index (Phi) is 10.6. The van der Waals surface area contributed by atoms with Crippen molar-refractivity contribution in [2.75, 3.05) is 13.2 Å². The van der Waals surface area contributed by atoms with E-state index < -0.39 is 0 Å². The number of hydrogen-bond acceptors (Lipinski definition) is 4. The lowest BCUT2D eigenvalue weighted by Gasteiger charge is -2.18. The summed E-state index contributed by atoms with van der Waals surface area (Å²) in [5, 5.41) is 20.5. The Morgan fingerprint density at radius 1 is 0.633 bits per heavy atom. The Bertz CT molecular complexity index is 804. The number of fused-ring (bicyclic) bond motifs is 1. The first-order chi connectivity index (χ1) is 14.8. The van der Waals surface area contributed by atoms with E-state index >= 15 is 0 Å². The highest BCUT2D eigenvalue weighted by molar-refractivity contribution is 5.98. The van der Waals surface area contributed by atoms with Gasteiger partial charge in [-0.1, -0.05) is 64.5 Å². The van der Waals surface area contributed by atoms with Gasteiger partial charge in [-0.05, 0) is 36.1 Å². The van der Waals surface area contributed by atoms with E-state index in [2.05, 4.69) is 26.0 Å². The van der Waals surface area contributed by atoms with E-state index in [1.807, 2.05) is 24.3 Å². The van der Waals surface area contributed by atoms with Gasteiger partial charge in [0.1, 0.15) is 11.5 Å². The first kappa shape index (κ1) is 23.6. The SMILES string of the molecule is CCCCCCOc1ccc(CC#N)c2c(OCCCCCC)ccc(CC#N)c12. The molecule has 0 atom stereocenters. The molecule has 0 aliphatic carbocycles. The van der Waals surface area contributed by atoms with Crippen LogP contribution in [-0.2, 0) is 12.8 Å². The van der Waals surface area contributed by atoms with Crippen LogP contribution >= 0.6 is 0 Å². The average Bonchev–Trinajstić information content (AvgIpc) is 2.76. The van der Waals surface area contributed by atoms with Gasteiger partial charge in [-0.2, -0.15) is 10.5 Å². The third-order valence-electron chi connectivity index (χ3n) is 5.31. The van der Waals surface area contributed by atoms with E-state index in [0.717, 1.165) is 59.1 Å². The fraction of sp³-hybridized carbons (Fsp3) is 0.538. The van der Waals surface area contributed by atoms with Crippen molar-refractivity contribution in [2.24, 2.45) is 0 Å². The van der Waals surface area contributed by atoms with E-state index in [-0.39, 0.29) is 0 Å². The molecule has 0 radical (unpaired) electrons. The quantitative estimate of drug-likeness (QED) is 0.320. The standard InChI is InChI=1S/C26H34N2O2/c1-3-5-7-9-19-29-23-13-11-22(16-18-28)26-24(30-20-10-8-6-4-2)14-12-21(15-17-27)25(23)26/h11-14H,3-10,15-16,19-20H2,1-2H3. The molecule has 0 aliphatic heterocycles. The second kappa shape index (κ2) is 13.5. The van der Waals surface area contributed by atoms with E-state index in [9.17, 15) is 10.5 Å². The van der Waals surface area contributed by atoms with Crippen LogP contribution in [0.2, 0.25) is 0 Å². The first-order valence-corrected chi connectivity index (χ1v) is 11.3. The zero-order valence-corrected chi connectivity index (χ0v) is 18.5. The zero-order valence-electron chi connectivity index (χ0n) is 18.5. The van der Waals surface area contributed by atoms with Crippen molar-refractivity contribution >= 4 is 10.8 Å². The van der Waals surface area contributed by atoms with E-state index in [0.29, 0.717) is 26.1 Å². The zero-order chi connectivity index (χ0) is 21.6. The molecule has 2 aromatic carbocycles. The molecular weight excluding hydrogens is 372 g/mol. The Labute approximate surface area is 181 Å². The Balaban J connectivity index is 2.38. The maximum atomic E-state index is 9.33. The summed E-state index contributed by atoms with van der Waals surface area (Å²) >= 11 is 0. The highest BCUT2D eigenvalue weighted by Crippen LogP contribution is 2.38. The molecule has 30 heavy (non-hydrogen) atoms. The molecule has 0 spiro atoms. The van der Waals surface area contributed by atoms with Crippen LogP contribution in [0.25, 0.3) is 10.8 Å². The van der Waals surface area contributed by atoms with Crippen molar-refractivity contribution in [1.82, 2.24) is 0 Å². The molecule has 0 heterocycles. The molecule has 0 aromatic heterocycles. The molecule has 160 valence electrons. The summed E-state index contributed by atoms with van der Waals surface area (Å²) in [6.07, 6.45) is 9.73. The van der Waals surface area contributed by atoms with Gasteiger partial charge in [0.15, 0.2) is 0 Å². The van der Waals surface area contributed by atoms with Crippen LogP contribution in [0.15, 0.2) is 24.3 Å². The van der Waals surface area contributed by atoms with Crippen LogP contribution in [0.1, 0.15) is 76.3 Å². The Morgan fingerprint density at radius 3 is 1.43 bits per heavy atom. The highest BCUT2D eigenvalue weighted by atomic mass is 16.5. The minimum Gasteiger partial charge on any atom is -0.493 e. The largest absolute Gasteiger partial charge is 0.493 e. The van der Waals surface area contributed by atoms with Gasteiger partial charge in [0, 0.05) is 10.8 Å². The molecule has 0 unspecified atom stereocenters. The Morgan fingerprint density at radius 2 is 1.07 bits per heavy atom. The van der Waals surface area contributed by atoms with Gasteiger partial charge < -0.3 is 9.47 Å². The maximum absolute atomic E-state index is 9.33. The van der Waals surface area contributed by atoms with E-state index in [4.69, 9.17) is 9.47 Å². The molecule has 2 aromatic rings. The summed E-state index contributed by atoms with van der Waals surface area (Å²) < 4.78 is 12.3. The van der Waals surface area contributed by atoms with Gasteiger partial charge in [0.2, 0.25) is 0 Å². The lowest BCUT2D eigenvalue weighted by Crippen LogP contribution is -2.03. The fourth-order valence-electron chi connectivity index (χ4n) is 3.70. The third-order valence-corrected chi connectivity index (χ3v) is 5.31. The number of hydrogen-bond donors (Lipinski definition) is 0. The predicted octanol–water partition coefficient (Wildman–Crippen LogP) is 6.89. The molecule has 0 aliphatic rings. The number of ether oxygens (including phenoxy) is 2. The minimum atomic E-state index is 0.301. The second-order valence-corrected chi connectivity index (χ2v) is 7.68. The summed E-state index contributed by atoms with van der Waals surface area (Å²) in [5.41, 5.74) is 1.85. The number of unbranched alkanes of at least 4 members (excludes halogenated alkanes) is 6. The molecule has 0 amide bonds. The van der Waals surface area contributed by atoms with Gasteiger partial charge in [-0.15, -0.1) is 0 Å². The van der Waals surface area contributed by atoms with Crippen molar-refractivity contribution < 1.29 is 9.47 Å². The number of benzene rings is 2. The summed E-state index contributed by atoms with van der Waals surface area (Å²) in [4.78, 5) is 0. The topological polar surface area (TPSA) is 66.0 Å². The van der Waals surface area contributed by atoms with Gasteiger partial charge >= 0.3 is 0 Å². The average molecular weight is 407 g/mol. The minimum absolute atomic E-state index is 0.301. The van der Waals surface area contributed by atoms with E-state index in [1.165, 1.54) is 25.7 Å². The predicted molar refractivity (Wildman–Crippen MR) is 122 cm³/mol. The van der Waals surface area contributed by atoms with Gasteiger partial charge in [0.25, 0.3) is 0 Å². The van der Waals surface area contributed by atoms with Gasteiger partial charge in [-0.3, -0.25) is 0 Å². The number of rotatable bonds is 14. The normalized spacial score (nSPS) is 10.5. The van der Waals surface area contributed by atoms with Crippen LogP contribution in [0.5, 0.6) is 11.5 Å².